The molecule has 23 heavy (non-hydrogen) atoms. The van der Waals surface area contributed by atoms with Gasteiger partial charge in [-0.2, -0.15) is 10.2 Å². The molecule has 0 fully saturated rings. The predicted octanol–water partition coefficient (Wildman–Crippen LogP) is 5.17. The number of nitrogens with two attached hydrogens (primary N) is 1. The average Bonchev–Trinajstić information content (AvgIpc) is 2.60. The summed E-state index contributed by atoms with van der Waals surface area (Å²) in [6, 6.07) is 15.8. The maximum absolute atomic E-state index is 5.43. The van der Waals surface area contributed by atoms with Gasteiger partial charge < -0.3 is 10.5 Å². The molecular weight excluding hydrogens is 286 g/mol. The fourth-order valence-corrected chi connectivity index (χ4v) is 2.21. The van der Waals surface area contributed by atoms with Gasteiger partial charge in [0.1, 0.15) is 12.4 Å². The molecule has 0 aliphatic heterocycles. The molecule has 0 bridgehead atoms. The molecule has 2 rings (SSSR count). The van der Waals surface area contributed by atoms with Crippen LogP contribution in [-0.2, 0) is 6.42 Å². The molecule has 2 aromatic carbocycles. The van der Waals surface area contributed by atoms with Crippen LogP contribution in [0.1, 0.15) is 31.7 Å². The smallest absolute Gasteiger partial charge is 0.119 e. The van der Waals surface area contributed by atoms with Gasteiger partial charge in [-0.1, -0.05) is 31.9 Å². The molecule has 0 spiro atoms. The summed E-state index contributed by atoms with van der Waals surface area (Å²) in [6.45, 7) is 3.25. The lowest BCUT2D eigenvalue weighted by Gasteiger charge is -2.03. The molecule has 0 saturated heterocycles. The third-order valence-corrected chi connectivity index (χ3v) is 3.51. The van der Waals surface area contributed by atoms with E-state index in [1.807, 2.05) is 36.4 Å². The van der Waals surface area contributed by atoms with Crippen molar-refractivity contribution in [2.24, 2.45) is 16.0 Å². The number of hydrogen-bond donors (Lipinski definition) is 1. The fraction of sp³-hybridized carbons (Fsp3) is 0.368. The van der Waals surface area contributed by atoms with Crippen molar-refractivity contribution in [2.45, 2.75) is 32.6 Å². The molecule has 0 atom stereocenters. The van der Waals surface area contributed by atoms with Gasteiger partial charge >= 0.3 is 0 Å². The molecule has 2 N–H and O–H groups in total. The normalized spacial score (nSPS) is 11.0. The third-order valence-electron chi connectivity index (χ3n) is 3.51. The first kappa shape index (κ1) is 17.2. The highest BCUT2D eigenvalue weighted by Gasteiger charge is 1.96. The molecule has 0 aromatic heterocycles. The molecule has 0 radical (unpaired) electrons. The fourth-order valence-electron chi connectivity index (χ4n) is 2.21. The molecule has 0 aliphatic carbocycles. The van der Waals surface area contributed by atoms with Gasteiger partial charge in [-0.15, -0.1) is 0 Å². The number of hydrogen-bond acceptors (Lipinski definition) is 4. The summed E-state index contributed by atoms with van der Waals surface area (Å²) in [5.41, 5.74) is 8.44. The van der Waals surface area contributed by atoms with Gasteiger partial charge in [-0.25, -0.2) is 0 Å². The van der Waals surface area contributed by atoms with Gasteiger partial charge in [0, 0.05) is 6.54 Å². The summed E-state index contributed by atoms with van der Waals surface area (Å²) in [4.78, 5) is 0. The number of unbranched alkanes of at least 4 members (excludes halogenated alkanes) is 2. The van der Waals surface area contributed by atoms with Gasteiger partial charge in [-0.3, -0.25) is 0 Å². The van der Waals surface area contributed by atoms with Gasteiger partial charge in [-0.05, 0) is 54.8 Å². The Balaban J connectivity index is 1.89. The topological polar surface area (TPSA) is 60.0 Å². The maximum atomic E-state index is 5.43. The van der Waals surface area contributed by atoms with Crippen LogP contribution in [-0.4, -0.2) is 13.2 Å². The Bertz CT molecular complexity index is 591. The molecule has 2 aromatic rings. The summed E-state index contributed by atoms with van der Waals surface area (Å²) >= 11 is 0. The Labute approximate surface area is 138 Å². The largest absolute Gasteiger partial charge is 0.492 e. The van der Waals surface area contributed by atoms with E-state index >= 15 is 0 Å². The Kier molecular flexibility index (Phi) is 7.27. The molecule has 4 heteroatoms. The molecule has 122 valence electrons. The van der Waals surface area contributed by atoms with E-state index in [1.165, 1.54) is 24.8 Å². The van der Waals surface area contributed by atoms with Crippen molar-refractivity contribution in [1.82, 2.24) is 0 Å². The first-order valence-corrected chi connectivity index (χ1v) is 8.25. The van der Waals surface area contributed by atoms with E-state index in [-0.39, 0.29) is 0 Å². The van der Waals surface area contributed by atoms with E-state index in [0.29, 0.717) is 13.2 Å². The van der Waals surface area contributed by atoms with Crippen LogP contribution in [0, 0.1) is 0 Å². The Morgan fingerprint density at radius 3 is 2.04 bits per heavy atom. The first-order chi connectivity index (χ1) is 11.3. The molecule has 0 heterocycles. The lowest BCUT2D eigenvalue weighted by molar-refractivity contribution is 0.328. The molecule has 0 aliphatic rings. The molecular formula is C19H25N3O. The summed E-state index contributed by atoms with van der Waals surface area (Å²) in [7, 11) is 0. The highest BCUT2D eigenvalue weighted by molar-refractivity contribution is 5.43. The van der Waals surface area contributed by atoms with E-state index < -0.39 is 0 Å². The molecule has 0 saturated carbocycles. The van der Waals surface area contributed by atoms with Crippen molar-refractivity contribution in [1.29, 1.82) is 0 Å². The zero-order valence-electron chi connectivity index (χ0n) is 13.7. The number of rotatable bonds is 9. The Morgan fingerprint density at radius 1 is 0.870 bits per heavy atom. The number of azo groups is 1. The first-order valence-electron chi connectivity index (χ1n) is 8.25. The number of benzene rings is 2. The van der Waals surface area contributed by atoms with E-state index in [1.54, 1.807) is 0 Å². The van der Waals surface area contributed by atoms with Crippen molar-refractivity contribution >= 4 is 11.4 Å². The predicted molar refractivity (Wildman–Crippen MR) is 94.8 cm³/mol. The van der Waals surface area contributed by atoms with Crippen LogP contribution in [0.4, 0.5) is 11.4 Å². The minimum absolute atomic E-state index is 0.510. The maximum Gasteiger partial charge on any atom is 0.119 e. The van der Waals surface area contributed by atoms with E-state index in [0.717, 1.165) is 23.5 Å². The minimum Gasteiger partial charge on any atom is -0.492 e. The van der Waals surface area contributed by atoms with Gasteiger partial charge in [0.25, 0.3) is 0 Å². The second-order valence-corrected chi connectivity index (χ2v) is 5.45. The van der Waals surface area contributed by atoms with Crippen LogP contribution in [0.5, 0.6) is 5.75 Å². The lowest BCUT2D eigenvalue weighted by Crippen LogP contribution is -2.10. The Hall–Kier alpha value is -2.20. The quantitative estimate of drug-likeness (QED) is 0.513. The average molecular weight is 311 g/mol. The molecule has 0 unspecified atom stereocenters. The minimum atomic E-state index is 0.510. The molecule has 4 nitrogen and oxygen atoms in total. The van der Waals surface area contributed by atoms with Crippen molar-refractivity contribution in [3.8, 4) is 5.75 Å². The van der Waals surface area contributed by atoms with Gasteiger partial charge in [0.2, 0.25) is 0 Å². The number of aryl methyl sites for hydroxylation is 1. The summed E-state index contributed by atoms with van der Waals surface area (Å²) in [6.07, 6.45) is 4.92. The standard InChI is InChI=1S/C19H25N3O/c1-2-3-4-5-16-6-8-17(9-7-16)21-22-18-10-12-19(13-11-18)23-15-14-20/h6-13H,2-5,14-15,20H2,1H3. The summed E-state index contributed by atoms with van der Waals surface area (Å²) < 4.78 is 5.43. The SMILES string of the molecule is CCCCCc1ccc(N=Nc2ccc(OCCN)cc2)cc1. The monoisotopic (exact) mass is 311 g/mol. The van der Waals surface area contributed by atoms with Crippen LogP contribution in [0.25, 0.3) is 0 Å². The second-order valence-electron chi connectivity index (χ2n) is 5.45. The zero-order valence-corrected chi connectivity index (χ0v) is 13.7. The van der Waals surface area contributed by atoms with Crippen molar-refractivity contribution < 1.29 is 4.74 Å². The lowest BCUT2D eigenvalue weighted by atomic mass is 10.1. The van der Waals surface area contributed by atoms with Crippen LogP contribution < -0.4 is 10.5 Å². The van der Waals surface area contributed by atoms with E-state index in [2.05, 4.69) is 29.3 Å². The number of nitrogens with zero attached hydrogens (tertiary/aromatic N) is 2. The van der Waals surface area contributed by atoms with Crippen molar-refractivity contribution in [2.75, 3.05) is 13.2 Å². The van der Waals surface area contributed by atoms with Crippen LogP contribution in [0.2, 0.25) is 0 Å². The molecule has 0 amide bonds. The van der Waals surface area contributed by atoms with Gasteiger partial charge in [0.15, 0.2) is 0 Å². The van der Waals surface area contributed by atoms with E-state index in [9.17, 15) is 0 Å². The van der Waals surface area contributed by atoms with Crippen LogP contribution in [0.3, 0.4) is 0 Å². The van der Waals surface area contributed by atoms with Gasteiger partial charge in [0.05, 0.1) is 11.4 Å². The number of ether oxygens (including phenoxy) is 1. The van der Waals surface area contributed by atoms with E-state index in [4.69, 9.17) is 10.5 Å². The zero-order chi connectivity index (χ0) is 16.3. The third kappa shape index (κ3) is 6.20. The van der Waals surface area contributed by atoms with Crippen LogP contribution in [0.15, 0.2) is 58.8 Å². The summed E-state index contributed by atoms with van der Waals surface area (Å²) in [5.74, 6) is 0.797. The second kappa shape index (κ2) is 9.74. The van der Waals surface area contributed by atoms with Crippen molar-refractivity contribution in [3.05, 3.63) is 54.1 Å². The Morgan fingerprint density at radius 2 is 1.48 bits per heavy atom. The van der Waals surface area contributed by atoms with Crippen LogP contribution >= 0.6 is 0 Å². The van der Waals surface area contributed by atoms with Crippen molar-refractivity contribution in [3.63, 3.8) is 0 Å². The summed E-state index contributed by atoms with van der Waals surface area (Å²) in [5, 5.41) is 8.52. The highest BCUT2D eigenvalue weighted by Crippen LogP contribution is 2.21. The highest BCUT2D eigenvalue weighted by atomic mass is 16.5.